The van der Waals surface area contributed by atoms with Gasteiger partial charge in [0.1, 0.15) is 0 Å². The van der Waals surface area contributed by atoms with Crippen LogP contribution in [0.2, 0.25) is 10.0 Å². The lowest BCUT2D eigenvalue weighted by Gasteiger charge is -2.08. The van der Waals surface area contributed by atoms with Crippen LogP contribution in [0.25, 0.3) is 0 Å². The molecule has 0 aliphatic heterocycles. The second-order valence-electron chi connectivity index (χ2n) is 6.11. The molecule has 3 rings (SSSR count). The van der Waals surface area contributed by atoms with Gasteiger partial charge in [-0.1, -0.05) is 58.4 Å². The molecule has 150 valence electrons. The monoisotopic (exact) mass is 466 g/mol. The first-order valence-electron chi connectivity index (χ1n) is 8.41. The Balaban J connectivity index is 1.56. The maximum atomic E-state index is 12.3. The molecule has 0 aliphatic carbocycles. The van der Waals surface area contributed by atoms with E-state index in [1.807, 2.05) is 32.0 Å². The molecule has 29 heavy (non-hydrogen) atoms. The zero-order valence-electron chi connectivity index (χ0n) is 15.5. The van der Waals surface area contributed by atoms with Gasteiger partial charge in [-0.2, -0.15) is 0 Å². The minimum absolute atomic E-state index is 0.143. The largest absolute Gasteiger partial charge is 0.325 e. The van der Waals surface area contributed by atoms with Crippen LogP contribution in [0.15, 0.2) is 40.7 Å². The first-order valence-corrected chi connectivity index (χ1v) is 11.0. The Hall–Kier alpha value is -2.13. The Bertz CT molecular complexity index is 1070. The Morgan fingerprint density at radius 1 is 1.07 bits per heavy atom. The van der Waals surface area contributed by atoms with Crippen molar-refractivity contribution in [3.05, 3.63) is 63.1 Å². The summed E-state index contributed by atoms with van der Waals surface area (Å²) < 4.78 is 0.564. The summed E-state index contributed by atoms with van der Waals surface area (Å²) in [5.41, 5.74) is 3.10. The molecule has 0 bridgehead atoms. The summed E-state index contributed by atoms with van der Waals surface area (Å²) in [7, 11) is 0. The van der Waals surface area contributed by atoms with Crippen LogP contribution in [-0.4, -0.2) is 27.8 Å². The average molecular weight is 467 g/mol. The fourth-order valence-electron chi connectivity index (χ4n) is 2.34. The number of thioether (sulfide) groups is 1. The molecule has 2 amide bonds. The number of halogens is 2. The topological polar surface area (TPSA) is 84.0 Å². The van der Waals surface area contributed by atoms with Gasteiger partial charge < -0.3 is 5.32 Å². The highest BCUT2D eigenvalue weighted by atomic mass is 35.5. The highest BCUT2D eigenvalue weighted by molar-refractivity contribution is 8.01. The fraction of sp³-hybridized carbons (Fsp3) is 0.158. The molecule has 0 atom stereocenters. The minimum atomic E-state index is -0.433. The molecule has 0 saturated carbocycles. The van der Waals surface area contributed by atoms with Crippen LogP contribution in [0.1, 0.15) is 21.5 Å². The summed E-state index contributed by atoms with van der Waals surface area (Å²) in [5.74, 6) is -0.399. The number of nitrogens with one attached hydrogen (secondary N) is 2. The lowest BCUT2D eigenvalue weighted by Crippen LogP contribution is -2.14. The lowest BCUT2D eigenvalue weighted by atomic mass is 10.1. The van der Waals surface area contributed by atoms with E-state index in [9.17, 15) is 9.59 Å². The van der Waals surface area contributed by atoms with Crippen molar-refractivity contribution in [2.24, 2.45) is 0 Å². The van der Waals surface area contributed by atoms with Crippen molar-refractivity contribution in [3.63, 3.8) is 0 Å². The Kier molecular flexibility index (Phi) is 7.13. The van der Waals surface area contributed by atoms with Gasteiger partial charge in [0.25, 0.3) is 5.91 Å². The number of hydrogen-bond donors (Lipinski definition) is 2. The van der Waals surface area contributed by atoms with Crippen molar-refractivity contribution >= 4 is 68.9 Å². The van der Waals surface area contributed by atoms with Crippen molar-refractivity contribution in [1.82, 2.24) is 10.2 Å². The van der Waals surface area contributed by atoms with E-state index < -0.39 is 5.91 Å². The van der Waals surface area contributed by atoms with Crippen molar-refractivity contribution in [2.45, 2.75) is 18.2 Å². The second-order valence-corrected chi connectivity index (χ2v) is 9.15. The maximum absolute atomic E-state index is 12.3. The maximum Gasteiger partial charge on any atom is 0.259 e. The number of carbonyl (C=O) groups is 2. The summed E-state index contributed by atoms with van der Waals surface area (Å²) in [6.45, 7) is 3.91. The van der Waals surface area contributed by atoms with Gasteiger partial charge in [-0.25, -0.2) is 0 Å². The second kappa shape index (κ2) is 9.58. The summed E-state index contributed by atoms with van der Waals surface area (Å²) in [4.78, 5) is 24.6. The molecular weight excluding hydrogens is 451 g/mol. The number of nitrogens with zero attached hydrogens (tertiary/aromatic N) is 2. The van der Waals surface area contributed by atoms with E-state index in [1.165, 1.54) is 29.2 Å². The van der Waals surface area contributed by atoms with Crippen LogP contribution in [0.4, 0.5) is 10.8 Å². The molecule has 0 radical (unpaired) electrons. The Labute approximate surface area is 186 Å². The van der Waals surface area contributed by atoms with E-state index in [4.69, 9.17) is 23.2 Å². The van der Waals surface area contributed by atoms with Crippen LogP contribution in [0, 0.1) is 13.8 Å². The Morgan fingerprint density at radius 3 is 2.66 bits per heavy atom. The van der Waals surface area contributed by atoms with Gasteiger partial charge >= 0.3 is 0 Å². The smallest absolute Gasteiger partial charge is 0.259 e. The normalized spacial score (nSPS) is 10.6. The molecule has 0 spiro atoms. The number of benzene rings is 2. The molecule has 1 heterocycles. The van der Waals surface area contributed by atoms with E-state index in [2.05, 4.69) is 20.8 Å². The molecule has 2 N–H and O–H groups in total. The van der Waals surface area contributed by atoms with Gasteiger partial charge in [0, 0.05) is 10.7 Å². The molecule has 3 aromatic rings. The molecule has 0 unspecified atom stereocenters. The van der Waals surface area contributed by atoms with Crippen molar-refractivity contribution < 1.29 is 9.59 Å². The predicted octanol–water partition coefficient (Wildman–Crippen LogP) is 5.44. The third-order valence-corrected chi connectivity index (χ3v) is 6.33. The summed E-state index contributed by atoms with van der Waals surface area (Å²) in [6.07, 6.45) is 0. The number of rotatable bonds is 6. The number of amides is 2. The first-order chi connectivity index (χ1) is 13.8. The van der Waals surface area contributed by atoms with Gasteiger partial charge in [-0.15, -0.1) is 10.2 Å². The van der Waals surface area contributed by atoms with Crippen LogP contribution < -0.4 is 10.6 Å². The minimum Gasteiger partial charge on any atom is -0.325 e. The van der Waals surface area contributed by atoms with Crippen LogP contribution >= 0.6 is 46.3 Å². The summed E-state index contributed by atoms with van der Waals surface area (Å²) in [6, 6.07) is 10.5. The third kappa shape index (κ3) is 5.93. The van der Waals surface area contributed by atoms with E-state index in [0.29, 0.717) is 14.5 Å². The summed E-state index contributed by atoms with van der Waals surface area (Å²) in [5, 5.41) is 14.5. The molecule has 0 fully saturated rings. The highest BCUT2D eigenvalue weighted by Crippen LogP contribution is 2.27. The van der Waals surface area contributed by atoms with Crippen molar-refractivity contribution in [2.75, 3.05) is 16.4 Å². The molecule has 6 nitrogen and oxygen atoms in total. The van der Waals surface area contributed by atoms with E-state index in [1.54, 1.807) is 12.1 Å². The first kappa shape index (κ1) is 21.6. The Morgan fingerprint density at radius 2 is 1.86 bits per heavy atom. The molecule has 10 heteroatoms. The number of aryl methyl sites for hydroxylation is 2. The lowest BCUT2D eigenvalue weighted by molar-refractivity contribution is -0.113. The number of anilines is 2. The van der Waals surface area contributed by atoms with E-state index in [0.717, 1.165) is 16.8 Å². The molecule has 0 saturated heterocycles. The van der Waals surface area contributed by atoms with E-state index >= 15 is 0 Å². The fourth-order valence-corrected chi connectivity index (χ4v) is 4.26. The molecule has 0 aliphatic rings. The van der Waals surface area contributed by atoms with E-state index in [-0.39, 0.29) is 22.2 Å². The SMILES string of the molecule is Cc1ccc(C)c(NC(=O)CSc2nnc(NC(=O)c3cc(Cl)ccc3Cl)s2)c1. The molecule has 2 aromatic carbocycles. The zero-order valence-corrected chi connectivity index (χ0v) is 18.6. The number of hydrogen-bond acceptors (Lipinski definition) is 6. The van der Waals surface area contributed by atoms with Gasteiger partial charge in [-0.3, -0.25) is 14.9 Å². The van der Waals surface area contributed by atoms with Crippen LogP contribution in [0.5, 0.6) is 0 Å². The quantitative estimate of drug-likeness (QED) is 0.372. The van der Waals surface area contributed by atoms with Crippen molar-refractivity contribution in [3.8, 4) is 0 Å². The van der Waals surface area contributed by atoms with Gasteiger partial charge in [0.2, 0.25) is 11.0 Å². The predicted molar refractivity (Wildman–Crippen MR) is 120 cm³/mol. The summed E-state index contributed by atoms with van der Waals surface area (Å²) >= 11 is 14.4. The average Bonchev–Trinajstić information content (AvgIpc) is 3.12. The van der Waals surface area contributed by atoms with Crippen molar-refractivity contribution in [1.29, 1.82) is 0 Å². The molecular formula is C19H16Cl2N4O2S2. The zero-order chi connectivity index (χ0) is 21.0. The number of carbonyl (C=O) groups excluding carboxylic acids is 2. The van der Waals surface area contributed by atoms with Crippen LogP contribution in [-0.2, 0) is 4.79 Å². The third-order valence-electron chi connectivity index (χ3n) is 3.79. The van der Waals surface area contributed by atoms with Gasteiger partial charge in [0.05, 0.1) is 16.3 Å². The van der Waals surface area contributed by atoms with Gasteiger partial charge in [0.15, 0.2) is 4.34 Å². The number of aromatic nitrogens is 2. The standard InChI is InChI=1S/C19H16Cl2N4O2S2/c1-10-3-4-11(2)15(7-10)22-16(26)9-28-19-25-24-18(29-19)23-17(27)13-8-12(20)5-6-14(13)21/h3-8H,9H2,1-2H3,(H,22,26)(H,23,24,27). The van der Waals surface area contributed by atoms with Crippen LogP contribution in [0.3, 0.4) is 0 Å². The molecule has 1 aromatic heterocycles. The highest BCUT2D eigenvalue weighted by Gasteiger charge is 2.15. The van der Waals surface area contributed by atoms with Gasteiger partial charge in [-0.05, 0) is 49.2 Å².